The summed E-state index contributed by atoms with van der Waals surface area (Å²) < 4.78 is 0. The van der Waals surface area contributed by atoms with Crippen LogP contribution in [-0.2, 0) is 4.79 Å². The summed E-state index contributed by atoms with van der Waals surface area (Å²) in [6.45, 7) is 6.27. The van der Waals surface area contributed by atoms with Gasteiger partial charge in [0.1, 0.15) is 0 Å². The quantitative estimate of drug-likeness (QED) is 0.743. The third-order valence-corrected chi connectivity index (χ3v) is 6.57. The van der Waals surface area contributed by atoms with Crippen LogP contribution in [0.1, 0.15) is 58.8 Å². The lowest BCUT2D eigenvalue weighted by Crippen LogP contribution is -2.64. The van der Waals surface area contributed by atoms with Gasteiger partial charge in [-0.3, -0.25) is 4.79 Å². The van der Waals surface area contributed by atoms with Crippen molar-refractivity contribution in [2.75, 3.05) is 13.1 Å². The largest absolute Gasteiger partial charge is 0.316 e. The van der Waals surface area contributed by atoms with E-state index in [2.05, 4.69) is 17.1 Å². The maximum Gasteiger partial charge on any atom is 0.223 e. The molecule has 2 heterocycles. The molecule has 3 heteroatoms. The molecule has 0 aromatic carbocycles. The third-order valence-electron chi connectivity index (χ3n) is 6.57. The summed E-state index contributed by atoms with van der Waals surface area (Å²) in [4.78, 5) is 14.2. The summed E-state index contributed by atoms with van der Waals surface area (Å²) in [5, 5.41) is 3.96. The first kappa shape index (κ1) is 13.8. The molecule has 2 bridgehead atoms. The second-order valence-corrected chi connectivity index (χ2v) is 7.86. The Labute approximate surface area is 128 Å². The number of carbonyl (C=O) groups excluding carboxylic acids is 1. The minimum absolute atomic E-state index is 0.238. The first-order valence-electron chi connectivity index (χ1n) is 8.87. The van der Waals surface area contributed by atoms with E-state index >= 15 is 0 Å². The lowest BCUT2D eigenvalue weighted by atomic mass is 9.53. The summed E-state index contributed by atoms with van der Waals surface area (Å²) in [6.07, 6.45) is 8.88. The maximum atomic E-state index is 12.1. The Morgan fingerprint density at radius 1 is 1.38 bits per heavy atom. The fourth-order valence-corrected chi connectivity index (χ4v) is 6.03. The van der Waals surface area contributed by atoms with Crippen molar-refractivity contribution in [1.82, 2.24) is 10.2 Å². The fraction of sp³-hybridized carbons (Fsp3) is 0.833. The topological polar surface area (TPSA) is 32.3 Å². The molecular weight excluding hydrogens is 260 g/mol. The molecule has 1 saturated heterocycles. The van der Waals surface area contributed by atoms with Crippen molar-refractivity contribution >= 4 is 5.91 Å². The highest BCUT2D eigenvalue weighted by Gasteiger charge is 2.55. The van der Waals surface area contributed by atoms with E-state index in [-0.39, 0.29) is 11.4 Å². The number of carbonyl (C=O) groups is 1. The molecule has 2 aliphatic carbocycles. The second-order valence-electron chi connectivity index (χ2n) is 7.86. The molecule has 4 aliphatic rings. The lowest BCUT2D eigenvalue weighted by Gasteiger charge is -2.60. The SMILES string of the molecule is CC(=O)N1CCCC2=C1CC1CC(C)CC23NCCCC13. The zero-order chi connectivity index (χ0) is 14.6. The van der Waals surface area contributed by atoms with Crippen LogP contribution < -0.4 is 5.32 Å². The summed E-state index contributed by atoms with van der Waals surface area (Å²) in [7, 11) is 0. The highest BCUT2D eigenvalue weighted by Crippen LogP contribution is 2.56. The molecule has 21 heavy (non-hydrogen) atoms. The lowest BCUT2D eigenvalue weighted by molar-refractivity contribution is -0.128. The van der Waals surface area contributed by atoms with E-state index in [1.807, 2.05) is 0 Å². The van der Waals surface area contributed by atoms with Crippen LogP contribution in [0, 0.1) is 17.8 Å². The maximum absolute atomic E-state index is 12.1. The summed E-state index contributed by atoms with van der Waals surface area (Å²) in [5.74, 6) is 2.69. The van der Waals surface area contributed by atoms with Gasteiger partial charge in [0.25, 0.3) is 0 Å². The Morgan fingerprint density at radius 2 is 2.24 bits per heavy atom. The van der Waals surface area contributed by atoms with E-state index in [0.717, 1.165) is 43.7 Å². The Kier molecular flexibility index (Phi) is 3.18. The molecule has 2 aliphatic heterocycles. The molecular formula is C18H28N2O. The van der Waals surface area contributed by atoms with E-state index in [0.29, 0.717) is 0 Å². The van der Waals surface area contributed by atoms with E-state index < -0.39 is 0 Å². The average Bonchev–Trinajstić information content (AvgIpc) is 2.46. The molecule has 2 fully saturated rings. The minimum Gasteiger partial charge on any atom is -0.316 e. The Balaban J connectivity index is 1.83. The standard InChI is InChI=1S/C18H28N2O/c1-12-9-14-10-17-16(6-4-8-20(17)13(2)21)18(11-12)15(14)5-3-7-19-18/h12,14-15,19H,3-11H2,1-2H3. The molecule has 0 aromatic heterocycles. The second kappa shape index (κ2) is 4.84. The number of nitrogens with zero attached hydrogens (tertiary/aromatic N) is 1. The summed E-state index contributed by atoms with van der Waals surface area (Å²) in [6, 6.07) is 0. The highest BCUT2D eigenvalue weighted by atomic mass is 16.2. The molecule has 1 saturated carbocycles. The van der Waals surface area contributed by atoms with Crippen LogP contribution in [-0.4, -0.2) is 29.4 Å². The summed E-state index contributed by atoms with van der Waals surface area (Å²) in [5.41, 5.74) is 3.27. The van der Waals surface area contributed by atoms with Crippen molar-refractivity contribution in [2.45, 2.75) is 64.3 Å². The molecule has 4 unspecified atom stereocenters. The van der Waals surface area contributed by atoms with E-state index in [4.69, 9.17) is 0 Å². The molecule has 1 N–H and O–H groups in total. The first-order chi connectivity index (χ1) is 10.1. The van der Waals surface area contributed by atoms with E-state index in [9.17, 15) is 4.79 Å². The van der Waals surface area contributed by atoms with Gasteiger partial charge in [-0.15, -0.1) is 0 Å². The first-order valence-corrected chi connectivity index (χ1v) is 8.87. The van der Waals surface area contributed by atoms with Gasteiger partial charge in [-0.05, 0) is 74.8 Å². The fourth-order valence-electron chi connectivity index (χ4n) is 6.03. The predicted octanol–water partition coefficient (Wildman–Crippen LogP) is 3.07. The number of allylic oxidation sites excluding steroid dienone is 1. The van der Waals surface area contributed by atoms with Crippen LogP contribution in [0.15, 0.2) is 11.3 Å². The van der Waals surface area contributed by atoms with Crippen LogP contribution in [0.25, 0.3) is 0 Å². The Hall–Kier alpha value is -0.830. The zero-order valence-electron chi connectivity index (χ0n) is 13.5. The van der Waals surface area contributed by atoms with Gasteiger partial charge in [0.05, 0.1) is 0 Å². The van der Waals surface area contributed by atoms with Crippen LogP contribution in [0.3, 0.4) is 0 Å². The van der Waals surface area contributed by atoms with Crippen LogP contribution in [0.2, 0.25) is 0 Å². The molecule has 116 valence electrons. The van der Waals surface area contributed by atoms with Crippen LogP contribution >= 0.6 is 0 Å². The van der Waals surface area contributed by atoms with Gasteiger partial charge in [0.2, 0.25) is 5.91 Å². The van der Waals surface area contributed by atoms with Crippen molar-refractivity contribution in [1.29, 1.82) is 0 Å². The van der Waals surface area contributed by atoms with Crippen molar-refractivity contribution in [3.8, 4) is 0 Å². The number of hydrogen-bond acceptors (Lipinski definition) is 2. The van der Waals surface area contributed by atoms with Gasteiger partial charge in [-0.25, -0.2) is 0 Å². The zero-order valence-corrected chi connectivity index (χ0v) is 13.5. The third kappa shape index (κ3) is 1.93. The smallest absolute Gasteiger partial charge is 0.223 e. The molecule has 4 atom stereocenters. The van der Waals surface area contributed by atoms with Crippen LogP contribution in [0.5, 0.6) is 0 Å². The van der Waals surface area contributed by atoms with Gasteiger partial charge in [0, 0.05) is 24.7 Å². The highest BCUT2D eigenvalue weighted by molar-refractivity contribution is 5.76. The predicted molar refractivity (Wildman–Crippen MR) is 83.6 cm³/mol. The Morgan fingerprint density at radius 3 is 3.05 bits per heavy atom. The van der Waals surface area contributed by atoms with Gasteiger partial charge in [-0.2, -0.15) is 0 Å². The molecule has 3 nitrogen and oxygen atoms in total. The van der Waals surface area contributed by atoms with Crippen molar-refractivity contribution in [3.05, 3.63) is 11.3 Å². The van der Waals surface area contributed by atoms with Gasteiger partial charge in [0.15, 0.2) is 0 Å². The molecule has 4 rings (SSSR count). The van der Waals surface area contributed by atoms with Gasteiger partial charge < -0.3 is 10.2 Å². The van der Waals surface area contributed by atoms with Crippen LogP contribution in [0.4, 0.5) is 0 Å². The minimum atomic E-state index is 0.238. The molecule has 1 amide bonds. The van der Waals surface area contributed by atoms with E-state index in [1.165, 1.54) is 37.8 Å². The van der Waals surface area contributed by atoms with Crippen molar-refractivity contribution < 1.29 is 4.79 Å². The van der Waals surface area contributed by atoms with Gasteiger partial charge >= 0.3 is 0 Å². The van der Waals surface area contributed by atoms with Gasteiger partial charge in [-0.1, -0.05) is 6.92 Å². The Bertz CT molecular complexity index is 497. The number of nitrogens with one attached hydrogen (secondary N) is 1. The monoisotopic (exact) mass is 288 g/mol. The van der Waals surface area contributed by atoms with E-state index in [1.54, 1.807) is 12.5 Å². The molecule has 0 aromatic rings. The number of piperidine rings is 1. The number of rotatable bonds is 0. The summed E-state index contributed by atoms with van der Waals surface area (Å²) >= 11 is 0. The average molecular weight is 288 g/mol. The number of amides is 1. The molecule has 0 spiro atoms. The molecule has 0 radical (unpaired) electrons. The number of hydrogen-bond donors (Lipinski definition) is 1. The normalized spacial score (nSPS) is 42.4. The van der Waals surface area contributed by atoms with Crippen molar-refractivity contribution in [3.63, 3.8) is 0 Å². The van der Waals surface area contributed by atoms with Crippen molar-refractivity contribution in [2.24, 2.45) is 17.8 Å².